The third-order valence-corrected chi connectivity index (χ3v) is 5.56. The van der Waals surface area contributed by atoms with Gasteiger partial charge in [0.15, 0.2) is 0 Å². The maximum absolute atomic E-state index is 12.5. The van der Waals surface area contributed by atoms with Crippen LogP contribution in [0.2, 0.25) is 0 Å². The van der Waals surface area contributed by atoms with Crippen LogP contribution in [0.25, 0.3) is 10.2 Å². The Balaban J connectivity index is 1.40. The smallest absolute Gasteiger partial charge is 0.209 e. The zero-order valence-electron chi connectivity index (χ0n) is 13.0. The molecule has 4 nitrogen and oxygen atoms in total. The highest BCUT2D eigenvalue weighted by atomic mass is 32.1. The van der Waals surface area contributed by atoms with E-state index in [0.29, 0.717) is 23.2 Å². The number of nitrogens with zero attached hydrogens (tertiary/aromatic N) is 2. The van der Waals surface area contributed by atoms with E-state index in [2.05, 4.69) is 27.6 Å². The molecule has 3 aromatic rings. The molecule has 2 aliphatic rings. The van der Waals surface area contributed by atoms with E-state index in [1.54, 1.807) is 0 Å². The van der Waals surface area contributed by atoms with Gasteiger partial charge in [-0.2, -0.15) is 5.10 Å². The van der Waals surface area contributed by atoms with Gasteiger partial charge in [-0.1, -0.05) is 41.7 Å². The molecule has 0 atom stereocenters. The quantitative estimate of drug-likeness (QED) is 0.724. The molecule has 118 valence electrons. The van der Waals surface area contributed by atoms with Crippen LogP contribution < -0.4 is 5.43 Å². The summed E-state index contributed by atoms with van der Waals surface area (Å²) in [5.74, 6) is 0.730. The molecule has 0 radical (unpaired) electrons. The molecule has 0 spiro atoms. The lowest BCUT2D eigenvalue weighted by Gasteiger charge is -2.00. The van der Waals surface area contributed by atoms with Crippen molar-refractivity contribution >= 4 is 38.2 Å². The summed E-state index contributed by atoms with van der Waals surface area (Å²) in [6, 6.07) is 14.2. The van der Waals surface area contributed by atoms with E-state index in [4.69, 9.17) is 0 Å². The lowest BCUT2D eigenvalue weighted by Crippen LogP contribution is -2.10. The minimum absolute atomic E-state index is 0.0287. The van der Waals surface area contributed by atoms with E-state index in [9.17, 15) is 4.79 Å². The highest BCUT2D eigenvalue weighted by Crippen LogP contribution is 2.41. The van der Waals surface area contributed by atoms with E-state index in [1.165, 1.54) is 29.7 Å². The number of Topliss-reactive ketones (excluding diaryl/α,β-unsaturated/α-hetero) is 1. The third kappa shape index (κ3) is 2.32. The second-order valence-corrected chi connectivity index (χ2v) is 7.38. The number of thiazole rings is 1. The molecule has 2 aliphatic carbocycles. The molecule has 1 saturated carbocycles. The van der Waals surface area contributed by atoms with Crippen LogP contribution in [-0.4, -0.2) is 16.5 Å². The molecule has 0 saturated heterocycles. The molecular weight excluding hydrogens is 318 g/mol. The molecule has 1 aromatic heterocycles. The number of hydrogen-bond acceptors (Lipinski definition) is 5. The highest BCUT2D eigenvalue weighted by molar-refractivity contribution is 7.22. The number of fused-ring (bicyclic) bond motifs is 2. The van der Waals surface area contributed by atoms with Crippen LogP contribution in [0, 0.1) is 0 Å². The van der Waals surface area contributed by atoms with E-state index < -0.39 is 0 Å². The number of ketones is 1. The van der Waals surface area contributed by atoms with E-state index >= 15 is 0 Å². The van der Waals surface area contributed by atoms with Crippen LogP contribution in [0.3, 0.4) is 0 Å². The topological polar surface area (TPSA) is 54.4 Å². The maximum atomic E-state index is 12.5. The molecule has 5 heteroatoms. The standard InChI is InChI=1S/C19H15N3OS/c23-18-14-8-7-12(11-5-6-11)9-13(14)10-16(18)21-22-19-20-15-3-1-2-4-17(15)24-19/h1-4,7-9,11H,5-6,10H2,(H,20,22)/b21-16-. The first-order valence-electron chi connectivity index (χ1n) is 8.13. The average molecular weight is 333 g/mol. The number of benzene rings is 2. The van der Waals surface area contributed by atoms with E-state index in [0.717, 1.165) is 21.3 Å². The zero-order valence-corrected chi connectivity index (χ0v) is 13.8. The Bertz CT molecular complexity index is 968. The molecule has 0 aliphatic heterocycles. The third-order valence-electron chi connectivity index (χ3n) is 4.62. The van der Waals surface area contributed by atoms with Crippen LogP contribution in [0.4, 0.5) is 5.13 Å². The lowest BCUT2D eigenvalue weighted by molar-refractivity contribution is 0.106. The van der Waals surface area contributed by atoms with Crippen molar-refractivity contribution in [3.8, 4) is 0 Å². The predicted octanol–water partition coefficient (Wildman–Crippen LogP) is 4.38. The van der Waals surface area contributed by atoms with Gasteiger partial charge in [0.2, 0.25) is 10.9 Å². The number of nitrogens with one attached hydrogen (secondary N) is 1. The van der Waals surface area contributed by atoms with Gasteiger partial charge in [0.05, 0.1) is 10.2 Å². The Morgan fingerprint density at radius 3 is 2.88 bits per heavy atom. The molecule has 0 bridgehead atoms. The summed E-state index contributed by atoms with van der Waals surface area (Å²) in [5, 5.41) is 5.05. The Morgan fingerprint density at radius 2 is 2.04 bits per heavy atom. The van der Waals surface area contributed by atoms with Gasteiger partial charge in [-0.15, -0.1) is 0 Å². The minimum Gasteiger partial charge on any atom is -0.287 e. The average Bonchev–Trinajstić information content (AvgIpc) is 3.29. The van der Waals surface area contributed by atoms with Crippen LogP contribution >= 0.6 is 11.3 Å². The minimum atomic E-state index is 0.0287. The normalized spacial score (nSPS) is 18.3. The number of aromatic nitrogens is 1. The monoisotopic (exact) mass is 333 g/mol. The fourth-order valence-corrected chi connectivity index (χ4v) is 4.00. The number of rotatable bonds is 3. The van der Waals surface area contributed by atoms with Crippen molar-refractivity contribution in [1.29, 1.82) is 0 Å². The van der Waals surface area contributed by atoms with Crippen molar-refractivity contribution < 1.29 is 4.79 Å². The number of carbonyl (C=O) groups is 1. The van der Waals surface area contributed by atoms with Crippen LogP contribution in [0.5, 0.6) is 0 Å². The second-order valence-electron chi connectivity index (χ2n) is 6.35. The first-order valence-corrected chi connectivity index (χ1v) is 8.95. The Labute approximate surface area is 143 Å². The van der Waals surface area contributed by atoms with Gasteiger partial charge in [-0.3, -0.25) is 10.2 Å². The first kappa shape index (κ1) is 13.9. The van der Waals surface area contributed by atoms with Crippen LogP contribution in [0.15, 0.2) is 47.6 Å². The molecule has 24 heavy (non-hydrogen) atoms. The zero-order chi connectivity index (χ0) is 16.1. The van der Waals surface area contributed by atoms with E-state index in [-0.39, 0.29) is 5.78 Å². The number of anilines is 1. The van der Waals surface area contributed by atoms with Crippen LogP contribution in [0.1, 0.15) is 40.2 Å². The van der Waals surface area contributed by atoms with Crippen LogP contribution in [-0.2, 0) is 6.42 Å². The van der Waals surface area contributed by atoms with Crippen molar-refractivity contribution in [1.82, 2.24) is 4.98 Å². The largest absolute Gasteiger partial charge is 0.287 e. The summed E-state index contributed by atoms with van der Waals surface area (Å²) < 4.78 is 1.11. The summed E-state index contributed by atoms with van der Waals surface area (Å²) in [6.45, 7) is 0. The summed E-state index contributed by atoms with van der Waals surface area (Å²) >= 11 is 1.54. The molecule has 1 N–H and O–H groups in total. The van der Waals surface area contributed by atoms with Gasteiger partial charge >= 0.3 is 0 Å². The summed E-state index contributed by atoms with van der Waals surface area (Å²) in [4.78, 5) is 17.0. The second kappa shape index (κ2) is 5.24. The van der Waals surface area contributed by atoms with Crippen molar-refractivity contribution in [3.63, 3.8) is 0 Å². The summed E-state index contributed by atoms with van der Waals surface area (Å²) in [5.41, 5.74) is 7.74. The Kier molecular flexibility index (Phi) is 3.03. The van der Waals surface area contributed by atoms with E-state index in [1.807, 2.05) is 30.3 Å². The fraction of sp³-hybridized carbons (Fsp3) is 0.211. The molecule has 1 heterocycles. The first-order chi connectivity index (χ1) is 11.8. The fourth-order valence-electron chi connectivity index (χ4n) is 3.19. The summed E-state index contributed by atoms with van der Waals surface area (Å²) in [7, 11) is 0. The Morgan fingerprint density at radius 1 is 1.17 bits per heavy atom. The van der Waals surface area contributed by atoms with Gasteiger partial charge in [-0.25, -0.2) is 4.98 Å². The molecule has 0 amide bonds. The number of para-hydroxylation sites is 1. The molecule has 2 aromatic carbocycles. The van der Waals surface area contributed by atoms with Gasteiger partial charge in [0.25, 0.3) is 0 Å². The maximum Gasteiger partial charge on any atom is 0.209 e. The van der Waals surface area contributed by atoms with Crippen molar-refractivity contribution in [3.05, 3.63) is 59.2 Å². The van der Waals surface area contributed by atoms with Gasteiger partial charge in [-0.05, 0) is 42.0 Å². The molecule has 1 fully saturated rings. The number of hydrazone groups is 1. The van der Waals surface area contributed by atoms with Gasteiger partial charge in [0.1, 0.15) is 5.71 Å². The van der Waals surface area contributed by atoms with Gasteiger partial charge in [0, 0.05) is 12.0 Å². The highest BCUT2D eigenvalue weighted by Gasteiger charge is 2.30. The van der Waals surface area contributed by atoms with Crippen molar-refractivity contribution in [2.45, 2.75) is 25.2 Å². The van der Waals surface area contributed by atoms with Gasteiger partial charge < -0.3 is 0 Å². The number of hydrogen-bond donors (Lipinski definition) is 1. The summed E-state index contributed by atoms with van der Waals surface area (Å²) in [6.07, 6.45) is 3.15. The number of carbonyl (C=O) groups excluding carboxylic acids is 1. The molecule has 5 rings (SSSR count). The van der Waals surface area contributed by atoms with Crippen molar-refractivity contribution in [2.24, 2.45) is 5.10 Å². The van der Waals surface area contributed by atoms with Crippen molar-refractivity contribution in [2.75, 3.05) is 5.43 Å². The SMILES string of the molecule is O=C1/C(=N\Nc2nc3ccccc3s2)Cc2cc(C3CC3)ccc21. The lowest BCUT2D eigenvalue weighted by atomic mass is 10.0. The molecular formula is C19H15N3OS. The molecule has 0 unspecified atom stereocenters. The Hall–Kier alpha value is -2.53. The predicted molar refractivity (Wildman–Crippen MR) is 97.1 cm³/mol.